The molecule has 2 aliphatic rings. The van der Waals surface area contributed by atoms with Gasteiger partial charge in [0.1, 0.15) is 0 Å². The van der Waals surface area contributed by atoms with E-state index in [2.05, 4.69) is 15.4 Å². The summed E-state index contributed by atoms with van der Waals surface area (Å²) in [5.41, 5.74) is 0.832. The van der Waals surface area contributed by atoms with E-state index in [1.165, 1.54) is 18.9 Å². The quantitative estimate of drug-likeness (QED) is 0.688. The Labute approximate surface area is 154 Å². The highest BCUT2D eigenvalue weighted by molar-refractivity contribution is 7.16. The third-order valence-corrected chi connectivity index (χ3v) is 5.97. The first-order valence-electron chi connectivity index (χ1n) is 8.76. The summed E-state index contributed by atoms with van der Waals surface area (Å²) >= 11 is 1.05. The van der Waals surface area contributed by atoms with Crippen LogP contribution in [0.2, 0.25) is 0 Å². The van der Waals surface area contributed by atoms with E-state index in [1.807, 2.05) is 0 Å². The molecule has 1 saturated heterocycles. The fourth-order valence-electron chi connectivity index (χ4n) is 3.47. The van der Waals surface area contributed by atoms with E-state index in [0.717, 1.165) is 37.4 Å². The van der Waals surface area contributed by atoms with Gasteiger partial charge in [-0.2, -0.15) is 0 Å². The average molecular weight is 373 g/mol. The molecule has 1 N–H and O–H groups in total. The summed E-state index contributed by atoms with van der Waals surface area (Å²) in [5.74, 6) is -0.973. The van der Waals surface area contributed by atoms with Crippen LogP contribution in [0.1, 0.15) is 66.0 Å². The Balaban J connectivity index is 1.43. The van der Waals surface area contributed by atoms with E-state index in [4.69, 9.17) is 4.52 Å². The minimum atomic E-state index is -0.389. The molecule has 3 heterocycles. The number of nitrogens with one attached hydrogen (secondary N) is 1. The number of hydrogen-bond acceptors (Lipinski definition) is 7. The number of ketones is 2. The number of carbonyl (C=O) groups is 3. The normalized spacial score (nSPS) is 16.7. The molecular weight excluding hydrogens is 354 g/mol. The largest absolute Gasteiger partial charge is 0.352 e. The van der Waals surface area contributed by atoms with E-state index in [1.54, 1.807) is 6.92 Å². The van der Waals surface area contributed by atoms with Gasteiger partial charge in [0, 0.05) is 12.1 Å². The summed E-state index contributed by atoms with van der Waals surface area (Å²) in [6, 6.07) is 1.48. The summed E-state index contributed by atoms with van der Waals surface area (Å²) in [7, 11) is 0. The van der Waals surface area contributed by atoms with Crippen molar-refractivity contribution in [1.82, 2.24) is 15.4 Å². The Kier molecular flexibility index (Phi) is 4.46. The molecule has 0 bridgehead atoms. The van der Waals surface area contributed by atoms with Gasteiger partial charge in [0.2, 0.25) is 17.3 Å². The topological polar surface area (TPSA) is 92.5 Å². The SMILES string of the molecule is Cc1noc2c1C(=O)c1sc(C(=O)NCCCN3CCCC3)cc1C2=O. The number of amides is 1. The molecule has 1 amide bonds. The van der Waals surface area contributed by atoms with Crippen LogP contribution in [0.4, 0.5) is 0 Å². The molecule has 26 heavy (non-hydrogen) atoms. The summed E-state index contributed by atoms with van der Waals surface area (Å²) in [5, 5.41) is 6.58. The van der Waals surface area contributed by atoms with Crippen LogP contribution in [0.25, 0.3) is 0 Å². The van der Waals surface area contributed by atoms with Crippen molar-refractivity contribution in [2.24, 2.45) is 0 Å². The van der Waals surface area contributed by atoms with Crippen molar-refractivity contribution in [3.63, 3.8) is 0 Å². The van der Waals surface area contributed by atoms with E-state index in [9.17, 15) is 14.4 Å². The van der Waals surface area contributed by atoms with Gasteiger partial charge in [-0.15, -0.1) is 11.3 Å². The molecule has 0 atom stereocenters. The number of carbonyl (C=O) groups excluding carboxylic acids is 3. The predicted octanol–water partition coefficient (Wildman–Crippen LogP) is 2.04. The molecule has 0 aromatic carbocycles. The van der Waals surface area contributed by atoms with Gasteiger partial charge < -0.3 is 14.7 Å². The number of thiophene rings is 1. The van der Waals surface area contributed by atoms with Gasteiger partial charge in [-0.3, -0.25) is 14.4 Å². The molecule has 7 nitrogen and oxygen atoms in total. The van der Waals surface area contributed by atoms with Crippen LogP contribution in [0.5, 0.6) is 0 Å². The third-order valence-electron chi connectivity index (χ3n) is 4.84. The molecule has 0 radical (unpaired) electrons. The highest BCUT2D eigenvalue weighted by Gasteiger charge is 2.38. The molecule has 4 rings (SSSR count). The Morgan fingerprint density at radius 1 is 1.31 bits per heavy atom. The smallest absolute Gasteiger partial charge is 0.261 e. The molecule has 2 aromatic heterocycles. The second-order valence-electron chi connectivity index (χ2n) is 6.64. The summed E-state index contributed by atoms with van der Waals surface area (Å²) in [6.07, 6.45) is 3.39. The van der Waals surface area contributed by atoms with Crippen LogP contribution in [0, 0.1) is 6.92 Å². The fraction of sp³-hybridized carbons (Fsp3) is 0.444. The van der Waals surface area contributed by atoms with Gasteiger partial charge in [-0.05, 0) is 51.9 Å². The zero-order chi connectivity index (χ0) is 18.3. The molecule has 0 spiro atoms. The van der Waals surface area contributed by atoms with Crippen molar-refractivity contribution in [1.29, 1.82) is 0 Å². The van der Waals surface area contributed by atoms with Crippen molar-refractivity contribution in [2.75, 3.05) is 26.2 Å². The van der Waals surface area contributed by atoms with E-state index < -0.39 is 0 Å². The first kappa shape index (κ1) is 17.1. The van der Waals surface area contributed by atoms with Crippen LogP contribution >= 0.6 is 11.3 Å². The average Bonchev–Trinajstić information content (AvgIpc) is 3.36. The number of likely N-dealkylation sites (tertiary alicyclic amines) is 1. The third kappa shape index (κ3) is 2.89. The molecule has 0 unspecified atom stereocenters. The summed E-state index contributed by atoms with van der Waals surface area (Å²) < 4.78 is 5.00. The highest BCUT2D eigenvalue weighted by atomic mass is 32.1. The maximum atomic E-state index is 12.6. The van der Waals surface area contributed by atoms with Crippen molar-refractivity contribution in [2.45, 2.75) is 26.2 Å². The molecule has 0 saturated carbocycles. The molecule has 136 valence electrons. The standard InChI is InChI=1S/C18H19N3O4S/c1-10-13-15(23)17-11(14(22)16(13)25-20-10)9-12(26-17)18(24)19-5-4-8-21-6-2-3-7-21/h9H,2-8H2,1H3,(H,19,24). The monoisotopic (exact) mass is 373 g/mol. The van der Waals surface area contributed by atoms with E-state index in [0.29, 0.717) is 17.1 Å². The van der Waals surface area contributed by atoms with Gasteiger partial charge >= 0.3 is 0 Å². The maximum Gasteiger partial charge on any atom is 0.261 e. The fourth-order valence-corrected chi connectivity index (χ4v) is 4.48. The molecule has 1 aliphatic carbocycles. The van der Waals surface area contributed by atoms with Crippen molar-refractivity contribution >= 4 is 28.8 Å². The maximum absolute atomic E-state index is 12.6. The number of aromatic nitrogens is 1. The predicted molar refractivity (Wildman–Crippen MR) is 95.0 cm³/mol. The van der Waals surface area contributed by atoms with Gasteiger partial charge in [0.15, 0.2) is 0 Å². The Morgan fingerprint density at radius 2 is 2.08 bits per heavy atom. The summed E-state index contributed by atoms with van der Waals surface area (Å²) in [6.45, 7) is 5.45. The second-order valence-corrected chi connectivity index (χ2v) is 7.69. The molecule has 1 aliphatic heterocycles. The van der Waals surface area contributed by atoms with E-state index in [-0.39, 0.29) is 39.2 Å². The van der Waals surface area contributed by atoms with Gasteiger partial charge in [0.05, 0.1) is 21.0 Å². The Morgan fingerprint density at radius 3 is 2.85 bits per heavy atom. The number of nitrogens with zero attached hydrogens (tertiary/aromatic N) is 2. The van der Waals surface area contributed by atoms with Crippen molar-refractivity contribution in [3.8, 4) is 0 Å². The zero-order valence-corrected chi connectivity index (χ0v) is 15.3. The minimum absolute atomic E-state index is 0.0321. The number of hydrogen-bond donors (Lipinski definition) is 1. The lowest BCUT2D eigenvalue weighted by atomic mass is 9.93. The minimum Gasteiger partial charge on any atom is -0.352 e. The zero-order valence-electron chi connectivity index (χ0n) is 14.5. The van der Waals surface area contributed by atoms with Gasteiger partial charge in [-0.1, -0.05) is 5.16 Å². The van der Waals surface area contributed by atoms with Gasteiger partial charge in [-0.25, -0.2) is 0 Å². The van der Waals surface area contributed by atoms with Crippen LogP contribution in [-0.2, 0) is 0 Å². The van der Waals surface area contributed by atoms with Gasteiger partial charge in [0.25, 0.3) is 5.91 Å². The molecule has 2 aromatic rings. The van der Waals surface area contributed by atoms with Crippen LogP contribution in [0.3, 0.4) is 0 Å². The number of aryl methyl sites for hydroxylation is 1. The lowest BCUT2D eigenvalue weighted by Gasteiger charge is -2.14. The first-order valence-corrected chi connectivity index (χ1v) is 9.58. The van der Waals surface area contributed by atoms with Crippen molar-refractivity contribution < 1.29 is 18.9 Å². The number of fused-ring (bicyclic) bond motifs is 2. The lowest BCUT2D eigenvalue weighted by molar-refractivity contribution is 0.0954. The van der Waals surface area contributed by atoms with Crippen LogP contribution in [0.15, 0.2) is 10.6 Å². The molecular formula is C18H19N3O4S. The highest BCUT2D eigenvalue weighted by Crippen LogP contribution is 2.34. The molecule has 1 fully saturated rings. The molecule has 8 heteroatoms. The Bertz CT molecular complexity index is 892. The van der Waals surface area contributed by atoms with E-state index >= 15 is 0 Å². The second kappa shape index (κ2) is 6.77. The van der Waals surface area contributed by atoms with Crippen LogP contribution in [-0.4, -0.2) is 53.7 Å². The number of rotatable bonds is 5. The summed E-state index contributed by atoms with van der Waals surface area (Å²) in [4.78, 5) is 40.5. The van der Waals surface area contributed by atoms with Crippen LogP contribution < -0.4 is 5.32 Å². The Hall–Kier alpha value is -2.32. The first-order chi connectivity index (χ1) is 12.6. The van der Waals surface area contributed by atoms with Crippen molar-refractivity contribution in [3.05, 3.63) is 38.4 Å². The lowest BCUT2D eigenvalue weighted by Crippen LogP contribution is -2.28.